The van der Waals surface area contributed by atoms with E-state index in [1.807, 2.05) is 18.2 Å². The summed E-state index contributed by atoms with van der Waals surface area (Å²) in [5.74, 6) is 0. The predicted molar refractivity (Wildman–Crippen MR) is 51.9 cm³/mol. The molecule has 0 spiro atoms. The average Bonchev–Trinajstić information content (AvgIpc) is 2.62. The van der Waals surface area contributed by atoms with Gasteiger partial charge < -0.3 is 4.74 Å². The third kappa shape index (κ3) is 4.61. The van der Waals surface area contributed by atoms with Gasteiger partial charge in [-0.2, -0.15) is 0 Å². The van der Waals surface area contributed by atoms with Gasteiger partial charge in [-0.1, -0.05) is 0 Å². The molecule has 1 nitrogen and oxygen atoms in total. The van der Waals surface area contributed by atoms with Crippen LogP contribution in [0.15, 0.2) is 30.3 Å². The van der Waals surface area contributed by atoms with Crippen LogP contribution in [-0.2, 0) is 4.74 Å². The van der Waals surface area contributed by atoms with E-state index in [1.54, 1.807) is 0 Å². The molecule has 0 aromatic heterocycles. The van der Waals surface area contributed by atoms with Gasteiger partial charge >= 0.3 is 52.3 Å². The molecule has 0 amide bonds. The fourth-order valence-electron chi connectivity index (χ4n) is 1.04. The molecule has 1 fully saturated rings. The first-order valence-electron chi connectivity index (χ1n) is 4.49. The van der Waals surface area contributed by atoms with Gasteiger partial charge in [-0.15, -0.1) is 0 Å². The number of ether oxygens (including phenoxy) is 1. The van der Waals surface area contributed by atoms with E-state index in [0.717, 1.165) is 13.2 Å². The van der Waals surface area contributed by atoms with Crippen LogP contribution >= 0.6 is 0 Å². The molecule has 0 aliphatic carbocycles. The molecule has 0 radical (unpaired) electrons. The maximum absolute atomic E-state index is 4.94. The summed E-state index contributed by atoms with van der Waals surface area (Å²) >= 11 is 2.08. The van der Waals surface area contributed by atoms with Crippen molar-refractivity contribution in [1.82, 2.24) is 0 Å². The molecule has 0 unspecified atom stereocenters. The molecule has 0 atom stereocenters. The second-order valence-electron chi connectivity index (χ2n) is 2.97. The zero-order valence-corrected chi connectivity index (χ0v) is 7.62. The van der Waals surface area contributed by atoms with Crippen molar-refractivity contribution in [3.05, 3.63) is 30.3 Å². The Bertz CT molecular complexity index is 187. The van der Waals surface area contributed by atoms with Crippen LogP contribution in [0.5, 0.6) is 0 Å². The molecule has 60 valence electrons. The minimum atomic E-state index is 1.00. The van der Waals surface area contributed by atoms with Crippen molar-refractivity contribution in [2.75, 3.05) is 13.2 Å². The van der Waals surface area contributed by atoms with Gasteiger partial charge in [0.15, 0.2) is 0 Å². The molecule has 0 saturated carbocycles. The molecule has 2 rings (SSSR count). The van der Waals surface area contributed by atoms with E-state index in [0.29, 0.717) is 0 Å². The summed E-state index contributed by atoms with van der Waals surface area (Å²) in [7, 11) is 0. The van der Waals surface area contributed by atoms with E-state index in [9.17, 15) is 0 Å². The minimum absolute atomic E-state index is 1.00. The van der Waals surface area contributed by atoms with Crippen LogP contribution in [0.2, 0.25) is 0 Å². The van der Waals surface area contributed by atoms with Gasteiger partial charge in [0.1, 0.15) is 0 Å². The summed E-state index contributed by atoms with van der Waals surface area (Å²) in [5.41, 5.74) is 0. The fourth-order valence-corrected chi connectivity index (χ4v) is 1.04. The molecule has 0 N–H and O–H groups in total. The summed E-state index contributed by atoms with van der Waals surface area (Å²) in [6.07, 6.45) is 2.56. The van der Waals surface area contributed by atoms with Crippen molar-refractivity contribution < 1.29 is 4.74 Å². The van der Waals surface area contributed by atoms with E-state index >= 15 is 0 Å². The second kappa shape index (κ2) is 6.31. The van der Waals surface area contributed by atoms with Gasteiger partial charge in [-0.25, -0.2) is 0 Å². The van der Waals surface area contributed by atoms with E-state index in [1.165, 1.54) is 17.1 Å². The molecule has 12 heavy (non-hydrogen) atoms. The summed E-state index contributed by atoms with van der Waals surface area (Å²) < 4.78 is 6.27. The zero-order chi connectivity index (χ0) is 8.65. The molecular weight excluding hydrogens is 143 g/mol. The molecular formula is C10H13LiO. The number of benzene rings is 1. The van der Waals surface area contributed by atoms with Gasteiger partial charge in [-0.3, -0.25) is 0 Å². The Kier molecular flexibility index (Phi) is 5.19. The van der Waals surface area contributed by atoms with Crippen molar-refractivity contribution in [1.29, 1.82) is 0 Å². The molecule has 1 aromatic carbocycles. The van der Waals surface area contributed by atoms with Crippen molar-refractivity contribution in [3.63, 3.8) is 0 Å². The summed E-state index contributed by atoms with van der Waals surface area (Å²) in [6.45, 7) is 2.00. The summed E-state index contributed by atoms with van der Waals surface area (Å²) in [5, 5.41) is 0. The predicted octanol–water partition coefficient (Wildman–Crippen LogP) is 1.28. The topological polar surface area (TPSA) is 9.23 Å². The molecule has 1 aromatic rings. The number of rotatable bonds is 0. The zero-order valence-electron chi connectivity index (χ0n) is 7.62. The fraction of sp³-hybridized carbons (Fsp3) is 0.400. The number of hydrogen-bond acceptors (Lipinski definition) is 1. The van der Waals surface area contributed by atoms with Crippen molar-refractivity contribution in [2.24, 2.45) is 0 Å². The van der Waals surface area contributed by atoms with E-state index in [-0.39, 0.29) is 0 Å². The standard InChI is InChI=1S/C6H5.C4H8O.Li/c1-2-4-6-5-3-1;1-2-4-5-3-1;/h1-5H;1-4H2;. The molecule has 1 heterocycles. The van der Waals surface area contributed by atoms with Gasteiger partial charge in [0.25, 0.3) is 0 Å². The Morgan fingerprint density at radius 2 is 1.58 bits per heavy atom. The van der Waals surface area contributed by atoms with E-state index in [2.05, 4.69) is 29.8 Å². The monoisotopic (exact) mass is 156 g/mol. The maximum atomic E-state index is 4.94. The van der Waals surface area contributed by atoms with E-state index in [4.69, 9.17) is 4.74 Å². The molecule has 1 aliphatic rings. The second-order valence-corrected chi connectivity index (χ2v) is 2.97. The first-order chi connectivity index (χ1) is 5.89. The van der Waals surface area contributed by atoms with Crippen molar-refractivity contribution in [2.45, 2.75) is 12.8 Å². The quantitative estimate of drug-likeness (QED) is 0.514. The molecule has 1 aliphatic heterocycles. The number of hydrogen-bond donors (Lipinski definition) is 0. The Morgan fingerprint density at radius 3 is 1.83 bits per heavy atom. The van der Waals surface area contributed by atoms with Crippen LogP contribution in [0.4, 0.5) is 0 Å². The van der Waals surface area contributed by atoms with Crippen LogP contribution in [0.25, 0.3) is 0 Å². The van der Waals surface area contributed by atoms with Crippen LogP contribution < -0.4 is 4.24 Å². The van der Waals surface area contributed by atoms with Crippen LogP contribution in [0.1, 0.15) is 12.8 Å². The van der Waals surface area contributed by atoms with Gasteiger partial charge in [0.05, 0.1) is 0 Å². The molecule has 0 bridgehead atoms. The SMILES string of the molecule is C1CCOC1.[Li][c]1ccccc1. The Labute approximate surface area is 83.3 Å². The van der Waals surface area contributed by atoms with Gasteiger partial charge in [0, 0.05) is 13.2 Å². The van der Waals surface area contributed by atoms with Crippen LogP contribution in [0.3, 0.4) is 0 Å². The van der Waals surface area contributed by atoms with Gasteiger partial charge in [0.2, 0.25) is 0 Å². The Balaban J connectivity index is 0.000000127. The van der Waals surface area contributed by atoms with E-state index < -0.39 is 0 Å². The van der Waals surface area contributed by atoms with Crippen LogP contribution in [-0.4, -0.2) is 30.9 Å². The first kappa shape index (κ1) is 9.86. The van der Waals surface area contributed by atoms with Crippen molar-refractivity contribution in [3.8, 4) is 0 Å². The normalized spacial score (nSPS) is 15.2. The molecule has 1 saturated heterocycles. The van der Waals surface area contributed by atoms with Crippen molar-refractivity contribution >= 4 is 22.0 Å². The third-order valence-electron chi connectivity index (χ3n) is 1.77. The van der Waals surface area contributed by atoms with Gasteiger partial charge in [-0.05, 0) is 12.8 Å². The Morgan fingerprint density at radius 1 is 1.00 bits per heavy atom. The average molecular weight is 156 g/mol. The summed E-state index contributed by atoms with van der Waals surface area (Å²) in [6, 6.07) is 10.3. The summed E-state index contributed by atoms with van der Waals surface area (Å²) in [4.78, 5) is 0. The third-order valence-corrected chi connectivity index (χ3v) is 1.77. The molecule has 2 heteroatoms. The Hall–Kier alpha value is -0.223. The first-order valence-corrected chi connectivity index (χ1v) is 4.49. The van der Waals surface area contributed by atoms with Crippen LogP contribution in [0, 0.1) is 0 Å².